The molecule has 0 amide bonds. The van der Waals surface area contributed by atoms with E-state index in [9.17, 15) is 0 Å². The molecule has 0 N–H and O–H groups in total. The van der Waals surface area contributed by atoms with Crippen LogP contribution in [0.1, 0.15) is 19.1 Å². The van der Waals surface area contributed by atoms with Crippen LogP contribution in [0.4, 0.5) is 0 Å². The Balaban J connectivity index is 1.32. The number of rotatable bonds is 4. The second-order valence-corrected chi connectivity index (χ2v) is 10.8. The highest BCUT2D eigenvalue weighted by Gasteiger charge is 2.20. The summed E-state index contributed by atoms with van der Waals surface area (Å²) in [6.07, 6.45) is 6.69. The van der Waals surface area contributed by atoms with Gasteiger partial charge in [0.05, 0.1) is 6.85 Å². The van der Waals surface area contributed by atoms with Gasteiger partial charge in [0.25, 0.3) is 0 Å². The lowest BCUT2D eigenvalue weighted by Crippen LogP contribution is -2.23. The molecular weight excluding hydrogens is 554 g/mol. The van der Waals surface area contributed by atoms with E-state index in [0.717, 1.165) is 32.7 Å². The molecule has 5 nitrogen and oxygen atoms in total. The Labute approximate surface area is 265 Å². The van der Waals surface area contributed by atoms with Crippen LogP contribution in [-0.2, 0) is 0 Å². The van der Waals surface area contributed by atoms with Crippen molar-refractivity contribution in [2.45, 2.75) is 6.42 Å². The average molecular weight is 585 g/mol. The summed E-state index contributed by atoms with van der Waals surface area (Å²) < 4.78 is 54.4. The van der Waals surface area contributed by atoms with E-state index in [1.54, 1.807) is 18.2 Å². The van der Waals surface area contributed by atoms with Crippen LogP contribution in [0.3, 0.4) is 0 Å². The fourth-order valence-corrected chi connectivity index (χ4v) is 6.00. The molecule has 0 saturated carbocycles. The van der Waals surface area contributed by atoms with Gasteiger partial charge in [-0.05, 0) is 41.8 Å². The SMILES string of the molecule is [2H]c1c([2H])c([2H])c(-c2ccc3oc4cccc(-c5nc(C6=c7oc8ccccc8c7=CC=CC6)nc(-c6ccccc6)n5)c4c3c2)c([2H])c1[2H]. The molecule has 1 aliphatic rings. The zero-order chi connectivity index (χ0) is 34.1. The van der Waals surface area contributed by atoms with Gasteiger partial charge in [0.2, 0.25) is 0 Å². The molecule has 3 heterocycles. The van der Waals surface area contributed by atoms with E-state index in [2.05, 4.69) is 12.2 Å². The molecule has 3 aromatic heterocycles. The van der Waals surface area contributed by atoms with Gasteiger partial charge >= 0.3 is 0 Å². The first-order valence-electron chi connectivity index (χ1n) is 17.1. The Bertz CT molecular complexity index is 2830. The minimum Gasteiger partial charge on any atom is -0.456 e. The van der Waals surface area contributed by atoms with E-state index < -0.39 is 6.04 Å². The molecule has 212 valence electrons. The van der Waals surface area contributed by atoms with Crippen molar-refractivity contribution in [3.8, 4) is 33.9 Å². The van der Waals surface area contributed by atoms with Gasteiger partial charge in [-0.3, -0.25) is 0 Å². The molecule has 0 aliphatic heterocycles. The lowest BCUT2D eigenvalue weighted by molar-refractivity contribution is 0.570. The highest BCUT2D eigenvalue weighted by Crippen LogP contribution is 2.38. The number of benzene rings is 5. The largest absolute Gasteiger partial charge is 0.456 e. The first kappa shape index (κ1) is 20.8. The van der Waals surface area contributed by atoms with Crippen LogP contribution in [-0.4, -0.2) is 15.0 Å². The van der Waals surface area contributed by atoms with Crippen molar-refractivity contribution in [1.82, 2.24) is 15.0 Å². The van der Waals surface area contributed by atoms with Gasteiger partial charge in [0.15, 0.2) is 17.5 Å². The Morgan fingerprint density at radius 3 is 2.29 bits per heavy atom. The number of hydrogen-bond donors (Lipinski definition) is 0. The molecule has 0 saturated heterocycles. The number of aromatic nitrogens is 3. The third-order valence-corrected chi connectivity index (χ3v) is 8.09. The van der Waals surface area contributed by atoms with E-state index in [-0.39, 0.29) is 29.7 Å². The Morgan fingerprint density at radius 1 is 0.600 bits per heavy atom. The van der Waals surface area contributed by atoms with Gasteiger partial charge in [-0.15, -0.1) is 0 Å². The Kier molecular flexibility index (Phi) is 4.75. The monoisotopic (exact) mass is 584 g/mol. The lowest BCUT2D eigenvalue weighted by atomic mass is 10.0. The van der Waals surface area contributed by atoms with Crippen LogP contribution in [0.2, 0.25) is 0 Å². The molecular formula is C40H25N3O2. The molecule has 8 aromatic rings. The second kappa shape index (κ2) is 10.3. The van der Waals surface area contributed by atoms with E-state index in [0.29, 0.717) is 57.0 Å². The molecule has 0 radical (unpaired) electrons. The summed E-state index contributed by atoms with van der Waals surface area (Å²) in [5.74, 6) is 1.41. The molecule has 0 bridgehead atoms. The van der Waals surface area contributed by atoms with Crippen molar-refractivity contribution in [3.05, 3.63) is 150 Å². The van der Waals surface area contributed by atoms with E-state index in [1.165, 1.54) is 0 Å². The zero-order valence-corrected chi connectivity index (χ0v) is 23.8. The maximum absolute atomic E-state index is 8.57. The fraction of sp³-hybridized carbons (Fsp3) is 0.0250. The third kappa shape index (κ3) is 4.28. The quantitative estimate of drug-likeness (QED) is 0.208. The standard InChI is InChI=1S/C40H25N3O2/c1-3-12-25(13-4-1)27-22-23-34-32(24-27)36-30(19-11-21-35(36)44-34)39-41-38(26-14-5-2-6-15-26)42-40(43-39)31-18-8-7-17-29-28-16-9-10-20-33(28)45-37(29)31/h1-17,19-24H,18H2/i1D,3D,4D,12D,13D. The minimum absolute atomic E-state index is 0.120. The maximum Gasteiger partial charge on any atom is 0.164 e. The van der Waals surface area contributed by atoms with Gasteiger partial charge < -0.3 is 8.83 Å². The molecule has 0 fully saturated rings. The van der Waals surface area contributed by atoms with Gasteiger partial charge in [0.1, 0.15) is 22.2 Å². The summed E-state index contributed by atoms with van der Waals surface area (Å²) in [5.41, 5.74) is 5.61. The van der Waals surface area contributed by atoms with Crippen molar-refractivity contribution >= 4 is 44.6 Å². The highest BCUT2D eigenvalue weighted by molar-refractivity contribution is 6.12. The first-order chi connectivity index (χ1) is 24.4. The zero-order valence-electron chi connectivity index (χ0n) is 28.8. The van der Waals surface area contributed by atoms with Crippen molar-refractivity contribution in [1.29, 1.82) is 0 Å². The van der Waals surface area contributed by atoms with Gasteiger partial charge in [-0.25, -0.2) is 15.0 Å². The molecule has 9 rings (SSSR count). The summed E-state index contributed by atoms with van der Waals surface area (Å²) in [5, 5.41) is 3.41. The average Bonchev–Trinajstić information content (AvgIpc) is 3.64. The minimum atomic E-state index is -0.435. The number of furan rings is 2. The van der Waals surface area contributed by atoms with Crippen molar-refractivity contribution in [3.63, 3.8) is 0 Å². The van der Waals surface area contributed by atoms with Crippen molar-refractivity contribution in [2.24, 2.45) is 0 Å². The molecule has 5 aromatic carbocycles. The molecule has 0 unspecified atom stereocenters. The van der Waals surface area contributed by atoms with E-state index in [4.69, 9.17) is 30.6 Å². The summed E-state index contributed by atoms with van der Waals surface area (Å²) in [4.78, 5) is 15.1. The third-order valence-electron chi connectivity index (χ3n) is 8.09. The molecule has 0 spiro atoms. The molecule has 1 aliphatic carbocycles. The van der Waals surface area contributed by atoms with E-state index >= 15 is 0 Å². The summed E-state index contributed by atoms with van der Waals surface area (Å²) >= 11 is 0. The van der Waals surface area contributed by atoms with Crippen LogP contribution in [0.15, 0.2) is 142 Å². The number of hydrogen-bond acceptors (Lipinski definition) is 5. The van der Waals surface area contributed by atoms with Crippen LogP contribution >= 0.6 is 0 Å². The fourth-order valence-electron chi connectivity index (χ4n) is 6.00. The summed E-state index contributed by atoms with van der Waals surface area (Å²) in [7, 11) is 0. The summed E-state index contributed by atoms with van der Waals surface area (Å²) in [6, 6.07) is 26.9. The highest BCUT2D eigenvalue weighted by atomic mass is 16.3. The number of nitrogens with zero attached hydrogens (tertiary/aromatic N) is 3. The van der Waals surface area contributed by atoms with Gasteiger partial charge in [0, 0.05) is 38.1 Å². The number of allylic oxidation sites excluding steroid dienone is 2. The van der Waals surface area contributed by atoms with Gasteiger partial charge in [-0.2, -0.15) is 0 Å². The maximum atomic E-state index is 8.57. The predicted molar refractivity (Wildman–Crippen MR) is 180 cm³/mol. The molecule has 5 heteroatoms. The van der Waals surface area contributed by atoms with Crippen LogP contribution < -0.4 is 10.6 Å². The normalized spacial score (nSPS) is 14.4. The van der Waals surface area contributed by atoms with Crippen molar-refractivity contribution < 1.29 is 15.7 Å². The predicted octanol–water partition coefficient (Wildman–Crippen LogP) is 8.46. The number of fused-ring (bicyclic) bond motifs is 6. The topological polar surface area (TPSA) is 65.0 Å². The first-order valence-corrected chi connectivity index (χ1v) is 14.6. The smallest absolute Gasteiger partial charge is 0.164 e. The summed E-state index contributed by atoms with van der Waals surface area (Å²) in [6.45, 7) is 0. The molecule has 0 atom stereocenters. The van der Waals surface area contributed by atoms with Crippen LogP contribution in [0.25, 0.3) is 78.5 Å². The van der Waals surface area contributed by atoms with Gasteiger partial charge in [-0.1, -0.05) is 115 Å². The molecule has 45 heavy (non-hydrogen) atoms. The van der Waals surface area contributed by atoms with Crippen molar-refractivity contribution in [2.75, 3.05) is 0 Å². The van der Waals surface area contributed by atoms with E-state index in [1.807, 2.05) is 78.9 Å². The Hall–Kier alpha value is -6.07. The van der Waals surface area contributed by atoms with Crippen LogP contribution in [0, 0.1) is 0 Å². The second-order valence-electron chi connectivity index (χ2n) is 10.8. The number of para-hydroxylation sites is 1. The lowest BCUT2D eigenvalue weighted by Gasteiger charge is -2.10. The Morgan fingerprint density at radius 2 is 1.38 bits per heavy atom. The van der Waals surface area contributed by atoms with Crippen LogP contribution in [0.5, 0.6) is 0 Å².